The molecule has 1 saturated heterocycles. The van der Waals surface area contributed by atoms with Gasteiger partial charge in [0.25, 0.3) is 0 Å². The maximum Gasteiger partial charge on any atom is 0.410 e. The number of nitrogens with zero attached hydrogens (tertiary/aromatic N) is 1. The molecule has 2 saturated carbocycles. The van der Waals surface area contributed by atoms with Crippen LogP contribution in [0.15, 0.2) is 0 Å². The van der Waals surface area contributed by atoms with Crippen molar-refractivity contribution in [2.24, 2.45) is 17.3 Å². The van der Waals surface area contributed by atoms with Crippen LogP contribution in [0.25, 0.3) is 0 Å². The van der Waals surface area contributed by atoms with Crippen LogP contribution in [0.2, 0.25) is 0 Å². The van der Waals surface area contributed by atoms with E-state index in [1.807, 2.05) is 20.8 Å². The van der Waals surface area contributed by atoms with Gasteiger partial charge in [0, 0.05) is 18.5 Å². The van der Waals surface area contributed by atoms with Gasteiger partial charge in [-0.15, -0.1) is 0 Å². The van der Waals surface area contributed by atoms with Crippen molar-refractivity contribution in [2.75, 3.05) is 13.1 Å². The number of aliphatic hydroxyl groups excluding tert-OH is 2. The van der Waals surface area contributed by atoms with Crippen LogP contribution in [-0.4, -0.2) is 62.8 Å². The molecule has 1 aliphatic heterocycles. The standard InChI is InChI=1S/C21H37NO5/c1-14-11-15-13-17(24)21(26)8-6-10-22(18(25)27-19(2,3)4)9-5-7-20(15,21)16(23)12-14/h14-17,23-24,26H,5-13H2,1-4H3/t14?,15-,16?,17+,20?,21+/m0/s1. The molecule has 0 aromatic carbocycles. The zero-order valence-corrected chi connectivity index (χ0v) is 17.3. The lowest BCUT2D eigenvalue weighted by atomic mass is 9.55. The van der Waals surface area contributed by atoms with Gasteiger partial charge in [0.15, 0.2) is 0 Å². The number of rotatable bonds is 0. The van der Waals surface area contributed by atoms with E-state index < -0.39 is 28.8 Å². The highest BCUT2D eigenvalue weighted by molar-refractivity contribution is 5.68. The summed E-state index contributed by atoms with van der Waals surface area (Å²) in [5.74, 6) is 0.528. The Hall–Kier alpha value is -0.850. The predicted octanol–water partition coefficient (Wildman–Crippen LogP) is 2.69. The molecule has 0 radical (unpaired) electrons. The van der Waals surface area contributed by atoms with E-state index in [9.17, 15) is 20.1 Å². The lowest BCUT2D eigenvalue weighted by Gasteiger charge is -2.53. The summed E-state index contributed by atoms with van der Waals surface area (Å²) in [4.78, 5) is 14.2. The minimum absolute atomic E-state index is 0.129. The van der Waals surface area contributed by atoms with E-state index in [-0.39, 0.29) is 12.0 Å². The summed E-state index contributed by atoms with van der Waals surface area (Å²) in [5.41, 5.74) is -2.48. The van der Waals surface area contributed by atoms with Crippen molar-refractivity contribution in [1.29, 1.82) is 0 Å². The molecule has 3 fully saturated rings. The van der Waals surface area contributed by atoms with Gasteiger partial charge in [0.05, 0.1) is 17.8 Å². The smallest absolute Gasteiger partial charge is 0.410 e. The largest absolute Gasteiger partial charge is 0.444 e. The van der Waals surface area contributed by atoms with E-state index in [0.29, 0.717) is 57.5 Å². The van der Waals surface area contributed by atoms with Gasteiger partial charge in [-0.3, -0.25) is 0 Å². The molecule has 27 heavy (non-hydrogen) atoms. The number of amides is 1. The van der Waals surface area contributed by atoms with Crippen LogP contribution in [0.1, 0.15) is 72.6 Å². The fourth-order valence-corrected chi connectivity index (χ4v) is 6.09. The van der Waals surface area contributed by atoms with Gasteiger partial charge >= 0.3 is 6.09 Å². The molecule has 6 heteroatoms. The van der Waals surface area contributed by atoms with Crippen LogP contribution in [0, 0.1) is 17.3 Å². The van der Waals surface area contributed by atoms with E-state index in [0.717, 1.165) is 6.42 Å². The van der Waals surface area contributed by atoms with E-state index in [1.54, 1.807) is 4.90 Å². The minimum atomic E-state index is -1.28. The third kappa shape index (κ3) is 3.60. The highest BCUT2D eigenvalue weighted by atomic mass is 16.6. The number of aliphatic hydroxyl groups is 3. The normalized spacial score (nSPS) is 43.1. The predicted molar refractivity (Wildman–Crippen MR) is 102 cm³/mol. The lowest BCUT2D eigenvalue weighted by molar-refractivity contribution is -0.197. The van der Waals surface area contributed by atoms with Crippen molar-refractivity contribution in [3.05, 3.63) is 0 Å². The topological polar surface area (TPSA) is 90.2 Å². The van der Waals surface area contributed by atoms with Crippen LogP contribution >= 0.6 is 0 Å². The van der Waals surface area contributed by atoms with E-state index in [2.05, 4.69) is 6.92 Å². The molecule has 0 aromatic rings. The van der Waals surface area contributed by atoms with E-state index >= 15 is 0 Å². The Labute approximate surface area is 162 Å². The Balaban J connectivity index is 1.82. The molecule has 3 aliphatic rings. The highest BCUT2D eigenvalue weighted by Gasteiger charge is 2.67. The summed E-state index contributed by atoms with van der Waals surface area (Å²) in [6.07, 6.45) is 2.72. The molecule has 2 aliphatic carbocycles. The monoisotopic (exact) mass is 383 g/mol. The minimum Gasteiger partial charge on any atom is -0.444 e. The van der Waals surface area contributed by atoms with Gasteiger partial charge in [-0.05, 0) is 77.6 Å². The maximum atomic E-state index is 12.5. The third-order valence-electron chi connectivity index (χ3n) is 7.16. The van der Waals surface area contributed by atoms with E-state index in [1.165, 1.54) is 0 Å². The first-order valence-corrected chi connectivity index (χ1v) is 10.6. The molecule has 6 atom stereocenters. The Morgan fingerprint density at radius 1 is 1.04 bits per heavy atom. The van der Waals surface area contributed by atoms with E-state index in [4.69, 9.17) is 4.74 Å². The average molecular weight is 384 g/mol. The molecule has 6 nitrogen and oxygen atoms in total. The van der Waals surface area contributed by atoms with Gasteiger partial charge in [-0.25, -0.2) is 4.79 Å². The molecule has 0 aromatic heterocycles. The summed E-state index contributed by atoms with van der Waals surface area (Å²) in [5, 5.41) is 33.5. The fourth-order valence-electron chi connectivity index (χ4n) is 6.09. The number of carbonyl (C=O) groups excluding carboxylic acids is 1. The van der Waals surface area contributed by atoms with Gasteiger partial charge in [-0.2, -0.15) is 0 Å². The summed E-state index contributed by atoms with van der Waals surface area (Å²) in [6.45, 7) is 8.75. The Bertz CT molecular complexity index is 561. The molecule has 1 heterocycles. The summed E-state index contributed by atoms with van der Waals surface area (Å²) in [6, 6.07) is 0. The van der Waals surface area contributed by atoms with Crippen LogP contribution in [0.3, 0.4) is 0 Å². The van der Waals surface area contributed by atoms with Gasteiger partial charge in [-0.1, -0.05) is 6.92 Å². The maximum absolute atomic E-state index is 12.5. The van der Waals surface area contributed by atoms with Crippen molar-refractivity contribution < 1.29 is 24.9 Å². The molecule has 3 N–H and O–H groups in total. The zero-order chi connectivity index (χ0) is 20.0. The van der Waals surface area contributed by atoms with Crippen molar-refractivity contribution >= 4 is 6.09 Å². The molecular weight excluding hydrogens is 346 g/mol. The van der Waals surface area contributed by atoms with Crippen molar-refractivity contribution in [1.82, 2.24) is 4.90 Å². The van der Waals surface area contributed by atoms with Crippen molar-refractivity contribution in [2.45, 2.75) is 96.1 Å². The summed E-state index contributed by atoms with van der Waals surface area (Å²) < 4.78 is 5.52. The van der Waals surface area contributed by atoms with Crippen LogP contribution in [0.5, 0.6) is 0 Å². The molecule has 0 bridgehead atoms. The first-order valence-electron chi connectivity index (χ1n) is 10.6. The Kier molecular flexibility index (Phi) is 5.56. The van der Waals surface area contributed by atoms with Crippen LogP contribution < -0.4 is 0 Å². The zero-order valence-electron chi connectivity index (χ0n) is 17.3. The Morgan fingerprint density at radius 2 is 1.67 bits per heavy atom. The van der Waals surface area contributed by atoms with Crippen molar-refractivity contribution in [3.63, 3.8) is 0 Å². The second-order valence-electron chi connectivity index (χ2n) is 10.2. The van der Waals surface area contributed by atoms with Crippen LogP contribution in [-0.2, 0) is 4.74 Å². The molecule has 3 unspecified atom stereocenters. The molecule has 1 spiro atoms. The lowest BCUT2D eigenvalue weighted by Crippen LogP contribution is -2.60. The first kappa shape index (κ1) is 20.9. The second-order valence-corrected chi connectivity index (χ2v) is 10.2. The highest BCUT2D eigenvalue weighted by Crippen LogP contribution is 2.62. The van der Waals surface area contributed by atoms with Crippen molar-refractivity contribution in [3.8, 4) is 0 Å². The SMILES string of the molecule is CC1CC(O)C23CCCN(C(=O)OC(C)(C)C)CCC[C@@]2(O)[C@H](O)C[C@@H]3C1. The number of carbonyl (C=O) groups is 1. The first-order chi connectivity index (χ1) is 12.5. The quantitative estimate of drug-likeness (QED) is 0.598. The average Bonchev–Trinajstić information content (AvgIpc) is 2.77. The fraction of sp³-hybridized carbons (Fsp3) is 0.952. The van der Waals surface area contributed by atoms with Gasteiger partial charge in [0.1, 0.15) is 5.60 Å². The number of hydrogen-bond acceptors (Lipinski definition) is 5. The Morgan fingerprint density at radius 3 is 2.30 bits per heavy atom. The summed E-state index contributed by atoms with van der Waals surface area (Å²) >= 11 is 0. The summed E-state index contributed by atoms with van der Waals surface area (Å²) in [7, 11) is 0. The van der Waals surface area contributed by atoms with Crippen LogP contribution in [0.4, 0.5) is 4.79 Å². The number of ether oxygens (including phenoxy) is 1. The molecular formula is C21H37NO5. The molecule has 3 rings (SSSR count). The third-order valence-corrected chi connectivity index (χ3v) is 7.16. The van der Waals surface area contributed by atoms with Gasteiger partial charge in [0.2, 0.25) is 0 Å². The van der Waals surface area contributed by atoms with Gasteiger partial charge < -0.3 is 25.0 Å². The second kappa shape index (κ2) is 7.20. The molecule has 156 valence electrons. The molecule has 1 amide bonds. The number of hydrogen-bond donors (Lipinski definition) is 3.